The first kappa shape index (κ1) is 21.4. The first-order chi connectivity index (χ1) is 14.8. The minimum atomic E-state index is -1.02. The zero-order valence-corrected chi connectivity index (χ0v) is 18.0. The number of rotatable bonds is 4. The molecule has 8 heteroatoms. The number of alkyl halides is 1. The van der Waals surface area contributed by atoms with Gasteiger partial charge >= 0.3 is 0 Å². The lowest BCUT2D eigenvalue weighted by atomic mass is 9.73. The number of hydrogen-bond acceptors (Lipinski definition) is 3. The highest BCUT2D eigenvalue weighted by atomic mass is 35.5. The fraction of sp³-hybridized carbons (Fsp3) is 0.217. The highest BCUT2D eigenvalue weighted by Gasteiger charge is 2.49. The van der Waals surface area contributed by atoms with Crippen LogP contribution in [0.3, 0.4) is 0 Å². The van der Waals surface area contributed by atoms with Crippen LogP contribution in [0.1, 0.15) is 28.7 Å². The third kappa shape index (κ3) is 4.31. The van der Waals surface area contributed by atoms with Crippen LogP contribution in [0.5, 0.6) is 0 Å². The number of anilines is 1. The van der Waals surface area contributed by atoms with Crippen LogP contribution in [-0.4, -0.2) is 17.2 Å². The summed E-state index contributed by atoms with van der Waals surface area (Å²) >= 11 is 12.5. The molecule has 4 unspecified atom stereocenters. The Morgan fingerprint density at radius 2 is 2.00 bits per heavy atom. The van der Waals surface area contributed by atoms with Gasteiger partial charge in [0, 0.05) is 16.6 Å². The molecule has 3 aromatic rings. The second-order valence-corrected chi connectivity index (χ2v) is 8.40. The van der Waals surface area contributed by atoms with Gasteiger partial charge in [-0.3, -0.25) is 9.59 Å². The van der Waals surface area contributed by atoms with E-state index in [2.05, 4.69) is 10.6 Å². The number of hydrogen-bond donors (Lipinski definition) is 2. The van der Waals surface area contributed by atoms with Crippen molar-refractivity contribution in [3.63, 3.8) is 0 Å². The second kappa shape index (κ2) is 8.73. The summed E-state index contributed by atoms with van der Waals surface area (Å²) in [5, 5.41) is 5.12. The molecular formula is C23H19Cl2FN2O3. The van der Waals surface area contributed by atoms with Crippen LogP contribution >= 0.6 is 23.2 Å². The summed E-state index contributed by atoms with van der Waals surface area (Å²) in [6.07, 6.45) is 2.92. The summed E-state index contributed by atoms with van der Waals surface area (Å²) in [5.74, 6) is -2.81. The smallest absolute Gasteiger partial charge is 0.239 e. The number of amides is 2. The van der Waals surface area contributed by atoms with Crippen LogP contribution in [0.2, 0.25) is 5.02 Å². The van der Waals surface area contributed by atoms with Crippen molar-refractivity contribution in [3.8, 4) is 0 Å². The Labute approximate surface area is 188 Å². The molecule has 1 aromatic heterocycles. The number of nitrogens with one attached hydrogen (secondary N) is 2. The fourth-order valence-electron chi connectivity index (χ4n) is 4.04. The molecule has 0 bridgehead atoms. The monoisotopic (exact) mass is 460 g/mol. The maximum Gasteiger partial charge on any atom is 0.239 e. The quantitative estimate of drug-likeness (QED) is 0.525. The molecule has 2 N–H and O–H groups in total. The van der Waals surface area contributed by atoms with Crippen molar-refractivity contribution < 1.29 is 18.4 Å². The highest BCUT2D eigenvalue weighted by molar-refractivity contribution is 6.32. The third-order valence-corrected chi connectivity index (χ3v) is 6.21. The lowest BCUT2D eigenvalue weighted by molar-refractivity contribution is -0.129. The Hall–Kier alpha value is -2.83. The lowest BCUT2D eigenvalue weighted by Gasteiger charge is -2.40. The number of aryl methyl sites for hydroxylation is 1. The molecule has 1 aliphatic heterocycles. The first-order valence-corrected chi connectivity index (χ1v) is 10.5. The van der Waals surface area contributed by atoms with Crippen LogP contribution in [-0.2, 0) is 9.59 Å². The SMILES string of the molecule is Cc1ccc(F)cc1C1NC(=O)C(Cl)C(c2ccoc2)C1C(=O)Nc1cccc(Cl)c1. The number of benzene rings is 2. The van der Waals surface area contributed by atoms with Gasteiger partial charge in [-0.2, -0.15) is 0 Å². The Bertz CT molecular complexity index is 1120. The normalized spacial score (nSPS) is 23.3. The largest absolute Gasteiger partial charge is 0.472 e. The summed E-state index contributed by atoms with van der Waals surface area (Å²) in [6.45, 7) is 1.80. The number of carbonyl (C=O) groups excluding carboxylic acids is 2. The van der Waals surface area contributed by atoms with E-state index in [-0.39, 0.29) is 5.91 Å². The number of carbonyl (C=O) groups is 2. The molecular weight excluding hydrogens is 442 g/mol. The van der Waals surface area contributed by atoms with E-state index in [0.717, 1.165) is 5.56 Å². The van der Waals surface area contributed by atoms with E-state index in [9.17, 15) is 14.0 Å². The summed E-state index contributed by atoms with van der Waals surface area (Å²) in [5.41, 5.74) is 2.37. The Morgan fingerprint density at radius 3 is 2.71 bits per heavy atom. The van der Waals surface area contributed by atoms with E-state index in [0.29, 0.717) is 21.8 Å². The summed E-state index contributed by atoms with van der Waals surface area (Å²) in [4.78, 5) is 26.3. The average molecular weight is 461 g/mol. The van der Waals surface area contributed by atoms with Gasteiger partial charge in [-0.1, -0.05) is 23.7 Å². The van der Waals surface area contributed by atoms with Crippen molar-refractivity contribution in [1.82, 2.24) is 5.32 Å². The second-order valence-electron chi connectivity index (χ2n) is 7.50. The molecule has 4 rings (SSSR count). The molecule has 0 radical (unpaired) electrons. The van der Waals surface area contributed by atoms with Crippen molar-refractivity contribution in [2.75, 3.05) is 5.32 Å². The summed E-state index contributed by atoms with van der Waals surface area (Å²) < 4.78 is 19.3. The maximum atomic E-state index is 14.1. The Balaban J connectivity index is 1.80. The van der Waals surface area contributed by atoms with Crippen molar-refractivity contribution in [1.29, 1.82) is 0 Å². The van der Waals surface area contributed by atoms with Gasteiger partial charge < -0.3 is 15.1 Å². The van der Waals surface area contributed by atoms with Gasteiger partial charge in [0.25, 0.3) is 0 Å². The fourth-order valence-corrected chi connectivity index (χ4v) is 4.60. The van der Waals surface area contributed by atoms with Crippen LogP contribution in [0, 0.1) is 18.7 Å². The zero-order valence-electron chi connectivity index (χ0n) is 16.4. The van der Waals surface area contributed by atoms with E-state index in [1.807, 2.05) is 0 Å². The molecule has 1 fully saturated rings. The van der Waals surface area contributed by atoms with Gasteiger partial charge in [0.05, 0.1) is 24.5 Å². The molecule has 4 atom stereocenters. The lowest BCUT2D eigenvalue weighted by Crippen LogP contribution is -2.53. The van der Waals surface area contributed by atoms with E-state index >= 15 is 0 Å². The van der Waals surface area contributed by atoms with Crippen molar-refractivity contribution in [2.24, 2.45) is 5.92 Å². The molecule has 2 aromatic carbocycles. The minimum Gasteiger partial charge on any atom is -0.472 e. The highest BCUT2D eigenvalue weighted by Crippen LogP contribution is 2.44. The molecule has 160 valence electrons. The topological polar surface area (TPSA) is 71.3 Å². The van der Waals surface area contributed by atoms with Crippen LogP contribution in [0.4, 0.5) is 10.1 Å². The molecule has 5 nitrogen and oxygen atoms in total. The predicted octanol–water partition coefficient (Wildman–Crippen LogP) is 5.20. The number of halogens is 3. The van der Waals surface area contributed by atoms with E-state index in [1.54, 1.807) is 43.3 Å². The molecule has 2 heterocycles. The van der Waals surface area contributed by atoms with Gasteiger partial charge in [-0.05, 0) is 60.0 Å². The van der Waals surface area contributed by atoms with E-state index in [4.69, 9.17) is 27.6 Å². The average Bonchev–Trinajstić information content (AvgIpc) is 3.25. The summed E-state index contributed by atoms with van der Waals surface area (Å²) in [6, 6.07) is 11.9. The van der Waals surface area contributed by atoms with Gasteiger partial charge in [-0.25, -0.2) is 4.39 Å². The summed E-state index contributed by atoms with van der Waals surface area (Å²) in [7, 11) is 0. The molecule has 0 spiro atoms. The molecule has 31 heavy (non-hydrogen) atoms. The predicted molar refractivity (Wildman–Crippen MR) is 117 cm³/mol. The van der Waals surface area contributed by atoms with E-state index < -0.39 is 35.0 Å². The molecule has 1 saturated heterocycles. The number of piperidine rings is 1. The first-order valence-electron chi connectivity index (χ1n) is 9.64. The van der Waals surface area contributed by atoms with Gasteiger partial charge in [0.2, 0.25) is 11.8 Å². The Morgan fingerprint density at radius 1 is 1.19 bits per heavy atom. The van der Waals surface area contributed by atoms with Crippen LogP contribution < -0.4 is 10.6 Å². The van der Waals surface area contributed by atoms with Crippen molar-refractivity contribution in [2.45, 2.75) is 24.3 Å². The van der Waals surface area contributed by atoms with Crippen molar-refractivity contribution >= 4 is 40.7 Å². The van der Waals surface area contributed by atoms with Crippen molar-refractivity contribution in [3.05, 3.63) is 88.6 Å². The zero-order chi connectivity index (χ0) is 22.1. The minimum absolute atomic E-state index is 0.382. The third-order valence-electron chi connectivity index (χ3n) is 5.51. The van der Waals surface area contributed by atoms with Gasteiger partial charge in [-0.15, -0.1) is 11.6 Å². The van der Waals surface area contributed by atoms with Crippen LogP contribution in [0.25, 0.3) is 0 Å². The number of furan rings is 1. The van der Waals surface area contributed by atoms with Gasteiger partial charge in [0.15, 0.2) is 0 Å². The van der Waals surface area contributed by atoms with E-state index in [1.165, 1.54) is 24.7 Å². The Kier molecular flexibility index (Phi) is 6.03. The van der Waals surface area contributed by atoms with Gasteiger partial charge in [0.1, 0.15) is 11.2 Å². The molecule has 0 aliphatic carbocycles. The molecule has 1 aliphatic rings. The molecule has 2 amide bonds. The molecule has 0 saturated carbocycles. The van der Waals surface area contributed by atoms with Crippen LogP contribution in [0.15, 0.2) is 65.5 Å². The maximum absolute atomic E-state index is 14.1. The standard InChI is InChI=1S/C23H19Cl2FN2O3/c1-12-5-6-15(26)10-17(12)21-19(22(29)27-16-4-2-3-14(24)9-16)18(13-7-8-31-11-13)20(25)23(30)28-21/h2-11,18-21H,1H3,(H,27,29)(H,28,30).